The van der Waals surface area contributed by atoms with Gasteiger partial charge in [0.2, 0.25) is 21.8 Å². The molecule has 0 aromatic heterocycles. The van der Waals surface area contributed by atoms with Gasteiger partial charge in [-0.3, -0.25) is 14.5 Å². The van der Waals surface area contributed by atoms with Crippen LogP contribution < -0.4 is 15.0 Å². The third kappa shape index (κ3) is 4.00. The van der Waals surface area contributed by atoms with E-state index < -0.39 is 21.5 Å². The van der Waals surface area contributed by atoms with Crippen molar-refractivity contribution >= 4 is 27.5 Å². The molecule has 1 saturated carbocycles. The zero-order valence-corrected chi connectivity index (χ0v) is 17.3. The topological polar surface area (TPSA) is 96.0 Å². The molecule has 1 saturated heterocycles. The highest BCUT2D eigenvalue weighted by Crippen LogP contribution is 2.32. The SMILES string of the molecule is COc1ccc(N2C(=O)CN(S(C)(=O)=O)C[C@]2(C)C(=O)NC2CCCC2)cc1. The third-order valence-electron chi connectivity index (χ3n) is 5.52. The van der Waals surface area contributed by atoms with Crippen LogP contribution in [0.25, 0.3) is 0 Å². The number of ether oxygens (including phenoxy) is 1. The number of carbonyl (C=O) groups is 2. The van der Waals surface area contributed by atoms with E-state index in [9.17, 15) is 18.0 Å². The summed E-state index contributed by atoms with van der Waals surface area (Å²) in [6.45, 7) is 1.23. The molecule has 9 heteroatoms. The molecule has 1 aromatic rings. The number of piperazine rings is 1. The number of nitrogens with one attached hydrogen (secondary N) is 1. The fraction of sp³-hybridized carbons (Fsp3) is 0.579. The van der Waals surface area contributed by atoms with E-state index >= 15 is 0 Å². The van der Waals surface area contributed by atoms with E-state index in [1.165, 1.54) is 4.90 Å². The molecule has 2 aliphatic rings. The molecule has 0 unspecified atom stereocenters. The van der Waals surface area contributed by atoms with E-state index in [4.69, 9.17) is 4.74 Å². The van der Waals surface area contributed by atoms with Crippen LogP contribution in [0.3, 0.4) is 0 Å². The molecule has 1 N–H and O–H groups in total. The monoisotopic (exact) mass is 409 g/mol. The number of anilines is 1. The summed E-state index contributed by atoms with van der Waals surface area (Å²) in [5.74, 6) is -0.147. The number of methoxy groups -OCH3 is 1. The molecule has 1 aromatic carbocycles. The molecule has 1 atom stereocenters. The fourth-order valence-corrected chi connectivity index (χ4v) is 4.78. The maximum Gasteiger partial charge on any atom is 0.247 e. The van der Waals surface area contributed by atoms with E-state index in [0.29, 0.717) is 11.4 Å². The second-order valence-corrected chi connectivity index (χ2v) is 9.67. The lowest BCUT2D eigenvalue weighted by Crippen LogP contribution is -2.70. The average Bonchev–Trinajstić information content (AvgIpc) is 3.14. The van der Waals surface area contributed by atoms with E-state index in [1.807, 2.05) is 0 Å². The van der Waals surface area contributed by atoms with Crippen molar-refractivity contribution < 1.29 is 22.7 Å². The second kappa shape index (κ2) is 7.71. The van der Waals surface area contributed by atoms with Gasteiger partial charge in [0.15, 0.2) is 0 Å². The van der Waals surface area contributed by atoms with Crippen molar-refractivity contribution in [3.05, 3.63) is 24.3 Å². The number of nitrogens with zero attached hydrogens (tertiary/aromatic N) is 2. The Morgan fingerprint density at radius 2 is 1.82 bits per heavy atom. The van der Waals surface area contributed by atoms with E-state index in [0.717, 1.165) is 36.2 Å². The lowest BCUT2D eigenvalue weighted by Gasteiger charge is -2.46. The Balaban J connectivity index is 1.98. The van der Waals surface area contributed by atoms with Crippen LogP contribution in [0.15, 0.2) is 24.3 Å². The summed E-state index contributed by atoms with van der Waals surface area (Å²) in [5.41, 5.74) is -0.821. The van der Waals surface area contributed by atoms with Crippen LogP contribution in [0.2, 0.25) is 0 Å². The van der Waals surface area contributed by atoms with E-state index in [-0.39, 0.29) is 25.0 Å². The van der Waals surface area contributed by atoms with Crippen molar-refractivity contribution in [3.63, 3.8) is 0 Å². The minimum Gasteiger partial charge on any atom is -0.497 e. The average molecular weight is 410 g/mol. The van der Waals surface area contributed by atoms with Gasteiger partial charge in [-0.1, -0.05) is 12.8 Å². The van der Waals surface area contributed by atoms with Gasteiger partial charge in [-0.2, -0.15) is 4.31 Å². The van der Waals surface area contributed by atoms with Crippen molar-refractivity contribution in [3.8, 4) is 5.75 Å². The van der Waals surface area contributed by atoms with Crippen LogP contribution in [-0.4, -0.2) is 62.6 Å². The van der Waals surface area contributed by atoms with Gasteiger partial charge in [0.05, 0.1) is 19.9 Å². The van der Waals surface area contributed by atoms with Crippen LogP contribution in [0.4, 0.5) is 5.69 Å². The number of sulfonamides is 1. The summed E-state index contributed by atoms with van der Waals surface area (Å²) in [6.07, 6.45) is 4.96. The van der Waals surface area contributed by atoms with Crippen LogP contribution in [0.1, 0.15) is 32.6 Å². The molecule has 1 aliphatic carbocycles. The Kier molecular flexibility index (Phi) is 5.67. The fourth-order valence-electron chi connectivity index (χ4n) is 3.95. The largest absolute Gasteiger partial charge is 0.497 e. The van der Waals surface area contributed by atoms with Crippen LogP contribution in [0.5, 0.6) is 5.75 Å². The van der Waals surface area contributed by atoms with Gasteiger partial charge in [0.25, 0.3) is 0 Å². The number of rotatable bonds is 5. The Bertz CT molecular complexity index is 849. The van der Waals surface area contributed by atoms with Crippen LogP contribution in [-0.2, 0) is 19.6 Å². The molecule has 2 amide bonds. The molecule has 1 aliphatic heterocycles. The van der Waals surface area contributed by atoms with Crippen LogP contribution in [0, 0.1) is 0 Å². The first-order valence-corrected chi connectivity index (χ1v) is 11.2. The second-order valence-electron chi connectivity index (χ2n) is 7.69. The van der Waals surface area contributed by atoms with E-state index in [2.05, 4.69) is 5.32 Å². The molecular weight excluding hydrogens is 382 g/mol. The van der Waals surface area contributed by atoms with Crippen molar-refractivity contribution in [1.82, 2.24) is 9.62 Å². The smallest absolute Gasteiger partial charge is 0.247 e. The van der Waals surface area contributed by atoms with Gasteiger partial charge in [-0.15, -0.1) is 0 Å². The lowest BCUT2D eigenvalue weighted by atomic mass is 9.94. The summed E-state index contributed by atoms with van der Waals surface area (Å²) in [7, 11) is -2.08. The minimum atomic E-state index is -3.62. The predicted octanol–water partition coefficient (Wildman–Crippen LogP) is 1.12. The molecule has 2 fully saturated rings. The van der Waals surface area contributed by atoms with Gasteiger partial charge in [0, 0.05) is 18.3 Å². The number of amides is 2. The van der Waals surface area contributed by atoms with Gasteiger partial charge in [-0.05, 0) is 44.0 Å². The molecule has 0 spiro atoms. The van der Waals surface area contributed by atoms with Crippen molar-refractivity contribution in [2.45, 2.75) is 44.2 Å². The normalized spacial score (nSPS) is 24.4. The number of hydrogen-bond donors (Lipinski definition) is 1. The number of carbonyl (C=O) groups excluding carboxylic acids is 2. The molecule has 0 bridgehead atoms. The van der Waals surface area contributed by atoms with Gasteiger partial charge < -0.3 is 10.1 Å². The molecule has 154 valence electrons. The molecule has 28 heavy (non-hydrogen) atoms. The number of benzene rings is 1. The molecule has 3 rings (SSSR count). The van der Waals surface area contributed by atoms with Crippen LogP contribution >= 0.6 is 0 Å². The first kappa shape index (κ1) is 20.6. The van der Waals surface area contributed by atoms with Gasteiger partial charge >= 0.3 is 0 Å². The highest BCUT2D eigenvalue weighted by atomic mass is 32.2. The predicted molar refractivity (Wildman–Crippen MR) is 106 cm³/mol. The molecule has 0 radical (unpaired) electrons. The Labute approximate surface area is 165 Å². The van der Waals surface area contributed by atoms with Crippen molar-refractivity contribution in [2.75, 3.05) is 31.4 Å². The van der Waals surface area contributed by atoms with Crippen molar-refractivity contribution in [2.24, 2.45) is 0 Å². The highest BCUT2D eigenvalue weighted by molar-refractivity contribution is 7.88. The Morgan fingerprint density at radius 3 is 2.36 bits per heavy atom. The van der Waals surface area contributed by atoms with Gasteiger partial charge in [-0.25, -0.2) is 8.42 Å². The molecule has 8 nitrogen and oxygen atoms in total. The summed E-state index contributed by atoms with van der Waals surface area (Å²) < 4.78 is 30.5. The zero-order chi connectivity index (χ0) is 20.5. The lowest BCUT2D eigenvalue weighted by molar-refractivity contribution is -0.133. The Morgan fingerprint density at radius 1 is 1.21 bits per heavy atom. The maximum atomic E-state index is 13.2. The van der Waals surface area contributed by atoms with Gasteiger partial charge in [0.1, 0.15) is 11.3 Å². The summed E-state index contributed by atoms with van der Waals surface area (Å²) in [6, 6.07) is 6.88. The third-order valence-corrected chi connectivity index (χ3v) is 6.71. The summed E-state index contributed by atoms with van der Waals surface area (Å²) in [5, 5.41) is 3.02. The quantitative estimate of drug-likeness (QED) is 0.786. The standard InChI is InChI=1S/C19H27N3O5S/c1-19(18(24)20-14-6-4-5-7-14)13-21(28(3,25)26)12-17(23)22(19)15-8-10-16(27-2)11-9-15/h8-11,14H,4-7,12-13H2,1-3H3,(H,20,24)/t19-/m1/s1. The van der Waals surface area contributed by atoms with Crippen molar-refractivity contribution in [1.29, 1.82) is 0 Å². The summed E-state index contributed by atoms with van der Waals surface area (Å²) in [4.78, 5) is 27.6. The first-order chi connectivity index (χ1) is 13.1. The maximum absolute atomic E-state index is 13.2. The highest BCUT2D eigenvalue weighted by Gasteiger charge is 2.50. The molecule has 1 heterocycles. The zero-order valence-electron chi connectivity index (χ0n) is 16.5. The Hall–Kier alpha value is -2.13. The molecular formula is C19H27N3O5S. The minimum absolute atomic E-state index is 0.0609. The first-order valence-electron chi connectivity index (χ1n) is 9.38. The summed E-state index contributed by atoms with van der Waals surface area (Å²) >= 11 is 0. The van der Waals surface area contributed by atoms with E-state index in [1.54, 1.807) is 38.3 Å². The number of hydrogen-bond acceptors (Lipinski definition) is 5.